The first-order valence-corrected chi connectivity index (χ1v) is 5.14. The monoisotopic (exact) mass is 229 g/mol. The van der Waals surface area contributed by atoms with Gasteiger partial charge in [0.15, 0.2) is 5.78 Å². The minimum Gasteiger partial charge on any atom is -0.315 e. The number of carbonyl (C=O) groups excluding carboxylic acids is 1. The zero-order valence-electron chi connectivity index (χ0n) is 7.39. The van der Waals surface area contributed by atoms with Crippen LogP contribution in [0.2, 0.25) is 10.0 Å². The van der Waals surface area contributed by atoms with E-state index in [9.17, 15) is 4.79 Å². The Labute approximate surface area is 92.2 Å². The molecule has 1 saturated heterocycles. The molecule has 4 heteroatoms. The lowest BCUT2D eigenvalue weighted by molar-refractivity contribution is 0.0878. The van der Waals surface area contributed by atoms with E-state index in [0.29, 0.717) is 15.6 Å². The Morgan fingerprint density at radius 1 is 1.36 bits per heavy atom. The lowest BCUT2D eigenvalue weighted by atomic mass is 9.93. The molecule has 74 valence electrons. The molecule has 1 aliphatic heterocycles. The molecular weight excluding hydrogens is 221 g/mol. The van der Waals surface area contributed by atoms with Crippen LogP contribution in [0.15, 0.2) is 18.2 Å². The lowest BCUT2D eigenvalue weighted by Gasteiger charge is -2.25. The van der Waals surface area contributed by atoms with Crippen LogP contribution in [0.3, 0.4) is 0 Å². The molecule has 0 radical (unpaired) electrons. The molecule has 0 aromatic heterocycles. The highest BCUT2D eigenvalue weighted by atomic mass is 35.5. The number of hydrogen-bond acceptors (Lipinski definition) is 2. The van der Waals surface area contributed by atoms with Crippen LogP contribution in [0.4, 0.5) is 0 Å². The summed E-state index contributed by atoms with van der Waals surface area (Å²) in [5.41, 5.74) is 0.533. The number of hydrogen-bond donors (Lipinski definition) is 1. The predicted molar refractivity (Wildman–Crippen MR) is 57.2 cm³/mol. The van der Waals surface area contributed by atoms with Crippen molar-refractivity contribution in [3.8, 4) is 0 Å². The molecule has 0 spiro atoms. The van der Waals surface area contributed by atoms with Crippen molar-refractivity contribution in [2.24, 2.45) is 5.92 Å². The first-order valence-electron chi connectivity index (χ1n) is 4.38. The minimum absolute atomic E-state index is 0.0611. The van der Waals surface area contributed by atoms with E-state index in [1.165, 1.54) is 0 Å². The summed E-state index contributed by atoms with van der Waals surface area (Å²) in [5.74, 6) is 0.141. The number of nitrogens with one attached hydrogen (secondary N) is 1. The van der Waals surface area contributed by atoms with Crippen molar-refractivity contribution in [3.05, 3.63) is 33.8 Å². The Morgan fingerprint density at radius 2 is 2.07 bits per heavy atom. The molecule has 0 bridgehead atoms. The van der Waals surface area contributed by atoms with E-state index in [0.717, 1.165) is 13.1 Å². The molecule has 1 heterocycles. The number of carbonyl (C=O) groups is 1. The van der Waals surface area contributed by atoms with E-state index >= 15 is 0 Å². The van der Waals surface area contributed by atoms with Crippen molar-refractivity contribution in [2.75, 3.05) is 13.1 Å². The van der Waals surface area contributed by atoms with Gasteiger partial charge < -0.3 is 5.32 Å². The van der Waals surface area contributed by atoms with Gasteiger partial charge in [0.1, 0.15) is 0 Å². The van der Waals surface area contributed by atoms with Crippen LogP contribution in [0.25, 0.3) is 0 Å². The second kappa shape index (κ2) is 3.89. The SMILES string of the molecule is O=C(c1cc(Cl)ccc1Cl)C1CNC1. The van der Waals surface area contributed by atoms with Gasteiger partial charge in [-0.2, -0.15) is 0 Å². The van der Waals surface area contributed by atoms with E-state index in [2.05, 4.69) is 5.32 Å². The third-order valence-corrected chi connectivity index (χ3v) is 2.91. The highest BCUT2D eigenvalue weighted by Gasteiger charge is 2.27. The van der Waals surface area contributed by atoms with Crippen molar-refractivity contribution in [1.29, 1.82) is 0 Å². The molecule has 1 aromatic carbocycles. The van der Waals surface area contributed by atoms with Gasteiger partial charge in [-0.25, -0.2) is 0 Å². The van der Waals surface area contributed by atoms with Crippen LogP contribution in [-0.4, -0.2) is 18.9 Å². The van der Waals surface area contributed by atoms with E-state index in [1.807, 2.05) is 0 Å². The number of ketones is 1. The van der Waals surface area contributed by atoms with Crippen molar-refractivity contribution in [2.45, 2.75) is 0 Å². The van der Waals surface area contributed by atoms with Crippen LogP contribution in [0.5, 0.6) is 0 Å². The summed E-state index contributed by atoms with van der Waals surface area (Å²) in [6, 6.07) is 4.97. The van der Waals surface area contributed by atoms with Crippen molar-refractivity contribution < 1.29 is 4.79 Å². The van der Waals surface area contributed by atoms with E-state index < -0.39 is 0 Å². The zero-order valence-corrected chi connectivity index (χ0v) is 8.90. The third kappa shape index (κ3) is 1.78. The fraction of sp³-hybridized carbons (Fsp3) is 0.300. The Balaban J connectivity index is 2.29. The van der Waals surface area contributed by atoms with Gasteiger partial charge in [-0.05, 0) is 18.2 Å². The summed E-state index contributed by atoms with van der Waals surface area (Å²) in [6.07, 6.45) is 0. The Bertz CT molecular complexity index is 374. The first-order chi connectivity index (χ1) is 6.68. The zero-order chi connectivity index (χ0) is 10.1. The predicted octanol–water partition coefficient (Wildman–Crippen LogP) is 2.40. The number of Topliss-reactive ketones (excluding diaryl/α,β-unsaturated/α-hetero) is 1. The summed E-state index contributed by atoms with van der Waals surface area (Å²) in [7, 11) is 0. The number of halogens is 2. The third-order valence-electron chi connectivity index (χ3n) is 2.35. The Hall–Kier alpha value is -0.570. The van der Waals surface area contributed by atoms with Crippen LogP contribution in [0.1, 0.15) is 10.4 Å². The molecular formula is C10H9Cl2NO. The van der Waals surface area contributed by atoms with Crippen LogP contribution in [0, 0.1) is 5.92 Å². The molecule has 0 amide bonds. The second-order valence-electron chi connectivity index (χ2n) is 3.34. The maximum absolute atomic E-state index is 11.8. The summed E-state index contributed by atoms with van der Waals surface area (Å²) in [4.78, 5) is 11.8. The maximum Gasteiger partial charge on any atom is 0.170 e. The fourth-order valence-electron chi connectivity index (χ4n) is 1.38. The van der Waals surface area contributed by atoms with Crippen molar-refractivity contribution in [3.63, 3.8) is 0 Å². The van der Waals surface area contributed by atoms with E-state index in [4.69, 9.17) is 23.2 Å². The quantitative estimate of drug-likeness (QED) is 0.790. The first kappa shape index (κ1) is 9.97. The Morgan fingerprint density at radius 3 is 2.64 bits per heavy atom. The summed E-state index contributed by atoms with van der Waals surface area (Å²) in [5, 5.41) is 4.07. The number of benzene rings is 1. The summed E-state index contributed by atoms with van der Waals surface area (Å²) < 4.78 is 0. The average molecular weight is 230 g/mol. The molecule has 1 aromatic rings. The van der Waals surface area contributed by atoms with Gasteiger partial charge in [0.2, 0.25) is 0 Å². The highest BCUT2D eigenvalue weighted by molar-refractivity contribution is 6.36. The van der Waals surface area contributed by atoms with Gasteiger partial charge >= 0.3 is 0 Å². The molecule has 1 N–H and O–H groups in total. The van der Waals surface area contributed by atoms with Crippen LogP contribution < -0.4 is 5.32 Å². The van der Waals surface area contributed by atoms with Crippen LogP contribution in [-0.2, 0) is 0 Å². The molecule has 14 heavy (non-hydrogen) atoms. The normalized spacial score (nSPS) is 16.4. The lowest BCUT2D eigenvalue weighted by Crippen LogP contribution is -2.46. The second-order valence-corrected chi connectivity index (χ2v) is 4.19. The smallest absolute Gasteiger partial charge is 0.170 e. The molecule has 1 fully saturated rings. The Kier molecular flexibility index (Phi) is 2.77. The van der Waals surface area contributed by atoms with Gasteiger partial charge in [-0.3, -0.25) is 4.79 Å². The van der Waals surface area contributed by atoms with Crippen molar-refractivity contribution >= 4 is 29.0 Å². The molecule has 0 atom stereocenters. The summed E-state index contributed by atoms with van der Waals surface area (Å²) in [6.45, 7) is 1.48. The van der Waals surface area contributed by atoms with Gasteiger partial charge in [0, 0.05) is 29.6 Å². The molecule has 2 rings (SSSR count). The summed E-state index contributed by atoms with van der Waals surface area (Å²) >= 11 is 11.7. The largest absolute Gasteiger partial charge is 0.315 e. The molecule has 0 saturated carbocycles. The molecule has 0 aliphatic carbocycles. The van der Waals surface area contributed by atoms with Crippen molar-refractivity contribution in [1.82, 2.24) is 5.32 Å². The molecule has 0 unspecified atom stereocenters. The van der Waals surface area contributed by atoms with Gasteiger partial charge in [0.05, 0.1) is 5.02 Å². The topological polar surface area (TPSA) is 29.1 Å². The van der Waals surface area contributed by atoms with Gasteiger partial charge in [-0.1, -0.05) is 23.2 Å². The van der Waals surface area contributed by atoms with E-state index in [1.54, 1.807) is 18.2 Å². The fourth-order valence-corrected chi connectivity index (χ4v) is 1.76. The van der Waals surface area contributed by atoms with E-state index in [-0.39, 0.29) is 11.7 Å². The van der Waals surface area contributed by atoms with Gasteiger partial charge in [-0.15, -0.1) is 0 Å². The molecule has 2 nitrogen and oxygen atoms in total. The average Bonchev–Trinajstić information content (AvgIpc) is 2.06. The van der Waals surface area contributed by atoms with Gasteiger partial charge in [0.25, 0.3) is 0 Å². The number of rotatable bonds is 2. The molecule has 1 aliphatic rings. The minimum atomic E-state index is 0.0611. The maximum atomic E-state index is 11.8. The highest BCUT2D eigenvalue weighted by Crippen LogP contribution is 2.24. The standard InChI is InChI=1S/C10H9Cl2NO/c11-7-1-2-9(12)8(3-7)10(14)6-4-13-5-6/h1-3,6,13H,4-5H2. The van der Waals surface area contributed by atoms with Crippen LogP contribution >= 0.6 is 23.2 Å².